The Morgan fingerprint density at radius 3 is 2.38 bits per heavy atom. The zero-order valence-electron chi connectivity index (χ0n) is 13.0. The number of carbonyl (C=O) groups excluding carboxylic acids is 2. The predicted octanol–water partition coefficient (Wildman–Crippen LogP) is 2.48. The van der Waals surface area contributed by atoms with E-state index in [2.05, 4.69) is 10.6 Å². The topological polar surface area (TPSA) is 76.7 Å². The average molecular weight is 349 g/mol. The molecule has 0 fully saturated rings. The second-order valence-corrected chi connectivity index (χ2v) is 5.15. The Morgan fingerprint density at radius 2 is 1.67 bits per heavy atom. The highest BCUT2D eigenvalue weighted by Crippen LogP contribution is 2.25. The molecule has 2 aromatic rings. The van der Waals surface area contributed by atoms with Gasteiger partial charge in [-0.2, -0.15) is 0 Å². The predicted molar refractivity (Wildman–Crippen MR) is 91.6 cm³/mol. The summed E-state index contributed by atoms with van der Waals surface area (Å²) in [6.45, 7) is -0.404. The van der Waals surface area contributed by atoms with Gasteiger partial charge >= 0.3 is 0 Å². The van der Waals surface area contributed by atoms with Gasteiger partial charge in [-0.15, -0.1) is 0 Å². The minimum absolute atomic E-state index is 0.181. The van der Waals surface area contributed by atoms with Crippen LogP contribution in [0.2, 0.25) is 5.02 Å². The summed E-state index contributed by atoms with van der Waals surface area (Å²) in [4.78, 5) is 23.6. The Kier molecular flexibility index (Phi) is 6.45. The molecule has 24 heavy (non-hydrogen) atoms. The number of para-hydroxylation sites is 3. The van der Waals surface area contributed by atoms with Crippen LogP contribution in [-0.2, 0) is 9.59 Å². The Bertz CT molecular complexity index is 721. The number of benzene rings is 2. The Labute approximate surface area is 144 Å². The van der Waals surface area contributed by atoms with Crippen molar-refractivity contribution in [3.63, 3.8) is 0 Å². The standard InChI is InChI=1S/C17H17ClN2O4/c1-23-14-8-4-5-9-15(14)24-11-17(22)19-10-16(21)20-13-7-3-2-6-12(13)18/h2-9H,10-11H2,1H3,(H,19,22)(H,20,21). The van der Waals surface area contributed by atoms with Crippen molar-refractivity contribution in [2.75, 3.05) is 25.6 Å². The summed E-state index contributed by atoms with van der Waals surface area (Å²) in [5.74, 6) is 0.182. The van der Waals surface area contributed by atoms with E-state index in [1.165, 1.54) is 7.11 Å². The van der Waals surface area contributed by atoms with Crippen LogP contribution < -0.4 is 20.1 Å². The van der Waals surface area contributed by atoms with Gasteiger partial charge in [0.15, 0.2) is 18.1 Å². The number of hydrogen-bond donors (Lipinski definition) is 2. The lowest BCUT2D eigenvalue weighted by Crippen LogP contribution is -2.35. The molecule has 2 amide bonds. The molecule has 126 valence electrons. The van der Waals surface area contributed by atoms with Crippen LogP contribution in [0.25, 0.3) is 0 Å². The van der Waals surface area contributed by atoms with Gasteiger partial charge < -0.3 is 20.1 Å². The fourth-order valence-corrected chi connectivity index (χ4v) is 2.05. The quantitative estimate of drug-likeness (QED) is 0.806. The molecule has 0 saturated carbocycles. The normalized spacial score (nSPS) is 9.92. The number of rotatable bonds is 7. The third-order valence-electron chi connectivity index (χ3n) is 3.02. The third-order valence-corrected chi connectivity index (χ3v) is 3.35. The summed E-state index contributed by atoms with van der Waals surface area (Å²) in [6.07, 6.45) is 0. The Morgan fingerprint density at radius 1 is 1.00 bits per heavy atom. The number of halogens is 1. The number of nitrogens with one attached hydrogen (secondary N) is 2. The van der Waals surface area contributed by atoms with Crippen molar-refractivity contribution in [3.8, 4) is 11.5 Å². The molecule has 0 spiro atoms. The molecule has 0 aliphatic carbocycles. The third kappa shape index (κ3) is 5.17. The van der Waals surface area contributed by atoms with Gasteiger partial charge in [0.1, 0.15) is 0 Å². The largest absolute Gasteiger partial charge is 0.493 e. The first kappa shape index (κ1) is 17.6. The van der Waals surface area contributed by atoms with Crippen LogP contribution in [0.15, 0.2) is 48.5 Å². The molecule has 0 unspecified atom stereocenters. The summed E-state index contributed by atoms with van der Waals surface area (Å²) in [5, 5.41) is 5.51. The van der Waals surface area contributed by atoms with E-state index in [1.54, 1.807) is 48.5 Å². The molecule has 2 N–H and O–H groups in total. The van der Waals surface area contributed by atoms with Crippen molar-refractivity contribution < 1.29 is 19.1 Å². The number of amides is 2. The highest BCUT2D eigenvalue weighted by atomic mass is 35.5. The molecular formula is C17H17ClN2O4. The van der Waals surface area contributed by atoms with Gasteiger partial charge in [0, 0.05) is 0 Å². The minimum Gasteiger partial charge on any atom is -0.493 e. The molecule has 0 bridgehead atoms. The van der Waals surface area contributed by atoms with Crippen molar-refractivity contribution in [1.29, 1.82) is 0 Å². The molecule has 7 heteroatoms. The number of ether oxygens (including phenoxy) is 2. The van der Waals surface area contributed by atoms with Gasteiger partial charge in [-0.05, 0) is 24.3 Å². The van der Waals surface area contributed by atoms with Crippen LogP contribution in [-0.4, -0.2) is 32.1 Å². The summed E-state index contributed by atoms with van der Waals surface area (Å²) in [5.41, 5.74) is 0.490. The van der Waals surface area contributed by atoms with E-state index in [1.807, 2.05) is 0 Å². The fourth-order valence-electron chi connectivity index (χ4n) is 1.87. The van der Waals surface area contributed by atoms with Crippen molar-refractivity contribution in [3.05, 3.63) is 53.6 Å². The smallest absolute Gasteiger partial charge is 0.258 e. The highest BCUT2D eigenvalue weighted by Gasteiger charge is 2.09. The second kappa shape index (κ2) is 8.79. The number of hydrogen-bond acceptors (Lipinski definition) is 4. The van der Waals surface area contributed by atoms with Gasteiger partial charge in [0.25, 0.3) is 5.91 Å². The number of methoxy groups -OCH3 is 1. The maximum Gasteiger partial charge on any atom is 0.258 e. The maximum atomic E-state index is 11.8. The molecule has 2 rings (SSSR count). The molecule has 0 heterocycles. The second-order valence-electron chi connectivity index (χ2n) is 4.74. The van der Waals surface area contributed by atoms with Gasteiger partial charge in [0.05, 0.1) is 24.4 Å². The number of anilines is 1. The first-order valence-corrected chi connectivity index (χ1v) is 7.55. The van der Waals surface area contributed by atoms with E-state index < -0.39 is 5.91 Å². The average Bonchev–Trinajstić information content (AvgIpc) is 2.60. The van der Waals surface area contributed by atoms with Crippen LogP contribution >= 0.6 is 11.6 Å². The summed E-state index contributed by atoms with van der Waals surface area (Å²) >= 11 is 5.94. The van der Waals surface area contributed by atoms with E-state index in [9.17, 15) is 9.59 Å². The minimum atomic E-state index is -0.421. The van der Waals surface area contributed by atoms with Gasteiger partial charge in [-0.25, -0.2) is 0 Å². The molecule has 0 aliphatic heterocycles. The first-order chi connectivity index (χ1) is 11.6. The van der Waals surface area contributed by atoms with Crippen molar-refractivity contribution in [2.24, 2.45) is 0 Å². The van der Waals surface area contributed by atoms with Crippen molar-refractivity contribution in [1.82, 2.24) is 5.32 Å². The van der Waals surface area contributed by atoms with Crippen LogP contribution in [0.1, 0.15) is 0 Å². The van der Waals surface area contributed by atoms with Crippen molar-refractivity contribution >= 4 is 29.1 Å². The fraction of sp³-hybridized carbons (Fsp3) is 0.176. The first-order valence-electron chi connectivity index (χ1n) is 7.17. The van der Waals surface area contributed by atoms with Crippen LogP contribution in [0, 0.1) is 0 Å². The summed E-state index contributed by atoms with van der Waals surface area (Å²) in [6, 6.07) is 13.8. The highest BCUT2D eigenvalue weighted by molar-refractivity contribution is 6.33. The molecule has 6 nitrogen and oxygen atoms in total. The zero-order valence-corrected chi connectivity index (χ0v) is 13.8. The summed E-state index contributed by atoms with van der Waals surface area (Å²) < 4.78 is 10.5. The molecule has 0 atom stereocenters. The van der Waals surface area contributed by atoms with Gasteiger partial charge in [-0.3, -0.25) is 9.59 Å². The Hall–Kier alpha value is -2.73. The van der Waals surface area contributed by atoms with Crippen LogP contribution in [0.5, 0.6) is 11.5 Å². The lowest BCUT2D eigenvalue weighted by atomic mass is 10.3. The van der Waals surface area contributed by atoms with Crippen LogP contribution in [0.3, 0.4) is 0 Å². The Balaban J connectivity index is 1.77. The monoisotopic (exact) mass is 348 g/mol. The number of carbonyl (C=O) groups is 2. The zero-order chi connectivity index (χ0) is 17.4. The van der Waals surface area contributed by atoms with Crippen molar-refractivity contribution in [2.45, 2.75) is 0 Å². The molecule has 0 radical (unpaired) electrons. The summed E-state index contributed by atoms with van der Waals surface area (Å²) in [7, 11) is 1.52. The lowest BCUT2D eigenvalue weighted by molar-refractivity contribution is -0.125. The van der Waals surface area contributed by atoms with Gasteiger partial charge in [-0.1, -0.05) is 35.9 Å². The van der Waals surface area contributed by atoms with E-state index >= 15 is 0 Å². The van der Waals surface area contributed by atoms with Crippen LogP contribution in [0.4, 0.5) is 5.69 Å². The van der Waals surface area contributed by atoms with Gasteiger partial charge in [0.2, 0.25) is 5.91 Å². The lowest BCUT2D eigenvalue weighted by Gasteiger charge is -2.11. The van der Waals surface area contributed by atoms with E-state index in [0.29, 0.717) is 22.2 Å². The molecular weight excluding hydrogens is 332 g/mol. The molecule has 0 saturated heterocycles. The molecule has 2 aromatic carbocycles. The molecule has 0 aliphatic rings. The molecule has 0 aromatic heterocycles. The van der Waals surface area contributed by atoms with E-state index in [-0.39, 0.29) is 19.1 Å². The maximum absolute atomic E-state index is 11.8. The van der Waals surface area contributed by atoms with E-state index in [0.717, 1.165) is 0 Å². The SMILES string of the molecule is COc1ccccc1OCC(=O)NCC(=O)Nc1ccccc1Cl. The van der Waals surface area contributed by atoms with E-state index in [4.69, 9.17) is 21.1 Å².